The molecular weight excluding hydrogens is 590 g/mol. The van der Waals surface area contributed by atoms with Crippen molar-refractivity contribution in [2.45, 2.75) is 52.0 Å². The average Bonchev–Trinajstić information content (AvgIpc) is 2.81. The number of nitrogens with one attached hydrogen (secondary N) is 1. The van der Waals surface area contributed by atoms with Crippen LogP contribution in [0.3, 0.4) is 0 Å². The van der Waals surface area contributed by atoms with Crippen LogP contribution in [-0.4, -0.2) is 50.0 Å². The van der Waals surface area contributed by atoms with Gasteiger partial charge in [0.15, 0.2) is 0 Å². The Bertz CT molecular complexity index is 1290. The first-order chi connectivity index (χ1) is 17.4. The van der Waals surface area contributed by atoms with Gasteiger partial charge in [0.25, 0.3) is 0 Å². The van der Waals surface area contributed by atoms with E-state index < -0.39 is 56.9 Å². The standard InChI is InChI=1S/C24H27Cl3F3N3O4S/c1-5-14(2)31-23(35)15(3)32(12-16-6-8-20(26)21(27)10-16)22(34)13-33(38(4,36)37)17-7-9-19(25)18(11-17)24(28,29)30/h6-11,14-15H,5,12-13H2,1-4H3,(H,31,35)/t14-,15+/m0/s1. The lowest BCUT2D eigenvalue weighted by atomic mass is 10.1. The molecule has 0 fully saturated rings. The number of carbonyl (C=O) groups excluding carboxylic acids is 2. The minimum atomic E-state index is -4.86. The van der Waals surface area contributed by atoms with Crippen LogP contribution < -0.4 is 9.62 Å². The second kappa shape index (κ2) is 12.8. The lowest BCUT2D eigenvalue weighted by Gasteiger charge is -2.32. The van der Waals surface area contributed by atoms with Crippen LogP contribution in [0.25, 0.3) is 0 Å². The Hall–Kier alpha value is -2.21. The van der Waals surface area contributed by atoms with Crippen molar-refractivity contribution in [1.82, 2.24) is 10.2 Å². The molecule has 0 aliphatic rings. The number of hydrogen-bond acceptors (Lipinski definition) is 4. The van der Waals surface area contributed by atoms with Gasteiger partial charge in [0, 0.05) is 12.6 Å². The molecule has 2 aromatic rings. The summed E-state index contributed by atoms with van der Waals surface area (Å²) in [6.45, 7) is 4.07. The van der Waals surface area contributed by atoms with Gasteiger partial charge >= 0.3 is 6.18 Å². The van der Waals surface area contributed by atoms with Crippen molar-refractivity contribution in [3.8, 4) is 0 Å². The summed E-state index contributed by atoms with van der Waals surface area (Å²) < 4.78 is 66.0. The first-order valence-electron chi connectivity index (χ1n) is 11.3. The van der Waals surface area contributed by atoms with Crippen molar-refractivity contribution in [1.29, 1.82) is 0 Å². The highest BCUT2D eigenvalue weighted by molar-refractivity contribution is 7.92. The zero-order valence-electron chi connectivity index (χ0n) is 20.9. The predicted molar refractivity (Wildman–Crippen MR) is 143 cm³/mol. The molecule has 38 heavy (non-hydrogen) atoms. The lowest BCUT2D eigenvalue weighted by molar-refractivity contribution is -0.139. The van der Waals surface area contributed by atoms with E-state index in [1.807, 2.05) is 6.92 Å². The zero-order chi connectivity index (χ0) is 29.0. The van der Waals surface area contributed by atoms with Crippen LogP contribution in [0, 0.1) is 0 Å². The number of rotatable bonds is 10. The second-order valence-electron chi connectivity index (χ2n) is 8.70. The molecule has 0 aromatic heterocycles. The third-order valence-electron chi connectivity index (χ3n) is 5.73. The predicted octanol–water partition coefficient (Wildman–Crippen LogP) is 5.76. The number of nitrogens with zero attached hydrogens (tertiary/aromatic N) is 2. The van der Waals surface area contributed by atoms with Crippen molar-refractivity contribution >= 4 is 62.3 Å². The summed E-state index contributed by atoms with van der Waals surface area (Å²) in [6.07, 6.45) is -3.48. The molecule has 1 N–H and O–H groups in total. The van der Waals surface area contributed by atoms with Crippen LogP contribution in [0.4, 0.5) is 18.9 Å². The molecule has 0 aliphatic carbocycles. The first-order valence-corrected chi connectivity index (χ1v) is 14.3. The summed E-state index contributed by atoms with van der Waals surface area (Å²) >= 11 is 17.7. The molecule has 2 atom stereocenters. The maximum atomic E-state index is 13.5. The maximum Gasteiger partial charge on any atom is 0.417 e. The summed E-state index contributed by atoms with van der Waals surface area (Å²) in [5.74, 6) is -1.33. The number of halogens is 6. The second-order valence-corrected chi connectivity index (χ2v) is 11.8. The molecule has 2 aromatic carbocycles. The first kappa shape index (κ1) is 32.0. The van der Waals surface area contributed by atoms with Crippen molar-refractivity contribution < 1.29 is 31.2 Å². The van der Waals surface area contributed by atoms with Gasteiger partial charge in [0.2, 0.25) is 21.8 Å². The van der Waals surface area contributed by atoms with Gasteiger partial charge in [-0.05, 0) is 56.2 Å². The quantitative estimate of drug-likeness (QED) is 0.368. The molecule has 2 amide bonds. The van der Waals surface area contributed by atoms with Gasteiger partial charge in [0.05, 0.1) is 32.6 Å². The Labute approximate surface area is 234 Å². The number of alkyl halides is 3. The Morgan fingerprint density at radius 2 is 1.61 bits per heavy atom. The highest BCUT2D eigenvalue weighted by Crippen LogP contribution is 2.37. The normalized spacial score (nSPS) is 13.5. The minimum Gasteiger partial charge on any atom is -0.352 e. The monoisotopic (exact) mass is 615 g/mol. The largest absolute Gasteiger partial charge is 0.417 e. The van der Waals surface area contributed by atoms with E-state index in [9.17, 15) is 31.2 Å². The van der Waals surface area contributed by atoms with Crippen LogP contribution in [0.2, 0.25) is 15.1 Å². The molecule has 0 saturated carbocycles. The summed E-state index contributed by atoms with van der Waals surface area (Å²) in [5, 5.41) is 2.60. The molecule has 210 valence electrons. The van der Waals surface area contributed by atoms with Gasteiger partial charge < -0.3 is 10.2 Å². The van der Waals surface area contributed by atoms with E-state index in [-0.39, 0.29) is 22.6 Å². The van der Waals surface area contributed by atoms with E-state index in [1.54, 1.807) is 13.0 Å². The molecule has 0 heterocycles. The SMILES string of the molecule is CC[C@H](C)NC(=O)[C@@H](C)N(Cc1ccc(Cl)c(Cl)c1)C(=O)CN(c1ccc(Cl)c(C(F)(F)F)c1)S(C)(=O)=O. The smallest absolute Gasteiger partial charge is 0.352 e. The van der Waals surface area contributed by atoms with Crippen molar-refractivity contribution in [3.05, 3.63) is 62.6 Å². The Balaban J connectivity index is 2.50. The molecule has 0 saturated heterocycles. The van der Waals surface area contributed by atoms with Gasteiger partial charge in [-0.2, -0.15) is 13.2 Å². The summed E-state index contributed by atoms with van der Waals surface area (Å²) in [4.78, 5) is 27.5. The van der Waals surface area contributed by atoms with E-state index in [1.165, 1.54) is 19.1 Å². The van der Waals surface area contributed by atoms with Gasteiger partial charge in [-0.15, -0.1) is 0 Å². The number of carbonyl (C=O) groups is 2. The summed E-state index contributed by atoms with van der Waals surface area (Å²) in [7, 11) is -4.24. The highest BCUT2D eigenvalue weighted by atomic mass is 35.5. The topological polar surface area (TPSA) is 86.8 Å². The lowest BCUT2D eigenvalue weighted by Crippen LogP contribution is -2.52. The Morgan fingerprint density at radius 1 is 1.00 bits per heavy atom. The summed E-state index contributed by atoms with van der Waals surface area (Å²) in [5.41, 5.74) is -1.18. The van der Waals surface area contributed by atoms with Crippen LogP contribution >= 0.6 is 34.8 Å². The van der Waals surface area contributed by atoms with E-state index >= 15 is 0 Å². The minimum absolute atomic E-state index is 0.156. The van der Waals surface area contributed by atoms with Crippen LogP contribution in [0.15, 0.2) is 36.4 Å². The number of amides is 2. The third kappa shape index (κ3) is 8.39. The molecule has 0 radical (unpaired) electrons. The fourth-order valence-corrected chi connectivity index (χ4v) is 4.77. The molecule has 0 spiro atoms. The van der Waals surface area contributed by atoms with Crippen molar-refractivity contribution in [3.63, 3.8) is 0 Å². The van der Waals surface area contributed by atoms with Crippen molar-refractivity contribution in [2.24, 2.45) is 0 Å². The third-order valence-corrected chi connectivity index (χ3v) is 7.94. The number of benzene rings is 2. The fourth-order valence-electron chi connectivity index (χ4n) is 3.38. The molecule has 0 unspecified atom stereocenters. The van der Waals surface area contributed by atoms with Gasteiger partial charge in [-0.3, -0.25) is 13.9 Å². The number of anilines is 1. The van der Waals surface area contributed by atoms with Gasteiger partial charge in [0.1, 0.15) is 12.6 Å². The molecule has 0 aliphatic heterocycles. The van der Waals surface area contributed by atoms with Crippen LogP contribution in [0.1, 0.15) is 38.3 Å². The van der Waals surface area contributed by atoms with E-state index in [0.717, 1.165) is 23.3 Å². The van der Waals surface area contributed by atoms with Crippen LogP contribution in [0.5, 0.6) is 0 Å². The Morgan fingerprint density at radius 3 is 2.13 bits per heavy atom. The maximum absolute atomic E-state index is 13.5. The van der Waals surface area contributed by atoms with Gasteiger partial charge in [-0.1, -0.05) is 47.8 Å². The fraction of sp³-hybridized carbons (Fsp3) is 0.417. The number of hydrogen-bond donors (Lipinski definition) is 1. The Kier molecular flexibility index (Phi) is 10.7. The zero-order valence-corrected chi connectivity index (χ0v) is 24.0. The average molecular weight is 617 g/mol. The molecule has 0 bridgehead atoms. The summed E-state index contributed by atoms with van der Waals surface area (Å²) in [6, 6.07) is 5.83. The molecular formula is C24H27Cl3F3N3O4S. The molecule has 14 heteroatoms. The molecule has 2 rings (SSSR count). The van der Waals surface area contributed by atoms with Crippen molar-refractivity contribution in [2.75, 3.05) is 17.1 Å². The van der Waals surface area contributed by atoms with E-state index in [4.69, 9.17) is 34.8 Å². The van der Waals surface area contributed by atoms with Gasteiger partial charge in [-0.25, -0.2) is 8.42 Å². The van der Waals surface area contributed by atoms with E-state index in [0.29, 0.717) is 22.4 Å². The van der Waals surface area contributed by atoms with Crippen LogP contribution in [-0.2, 0) is 32.3 Å². The highest BCUT2D eigenvalue weighted by Gasteiger charge is 2.35. The number of sulfonamides is 1. The molecule has 7 nitrogen and oxygen atoms in total. The van der Waals surface area contributed by atoms with E-state index in [2.05, 4.69) is 5.32 Å².